The fourth-order valence-electron chi connectivity index (χ4n) is 8.88. The Hall–Kier alpha value is -1.14. The summed E-state index contributed by atoms with van der Waals surface area (Å²) < 4.78 is 5.47. The van der Waals surface area contributed by atoms with Crippen molar-refractivity contribution in [3.63, 3.8) is 0 Å². The predicted molar refractivity (Wildman–Crippen MR) is 264 cm³/mol. The predicted octanol–water partition coefficient (Wildman–Crippen LogP) is 16.7. The maximum Gasteiger partial charge on any atom is 0.305 e. The molecular weight excluding hydrogens is 755 g/mol. The third kappa shape index (κ3) is 48.2. The highest BCUT2D eigenvalue weighted by atomic mass is 16.5. The summed E-state index contributed by atoms with van der Waals surface area (Å²) in [4.78, 5) is 24.5. The molecular formula is C55H109NO5. The average molecular weight is 864 g/mol. The zero-order chi connectivity index (χ0) is 44.4. The standard InChI is InChI=1S/C55H109NO5/c1-3-5-7-9-11-13-15-17-19-20-23-27-31-35-39-43-47-53(58)52(51-57)56-54(59)48-44-40-36-32-28-24-21-22-26-30-34-38-42-46-50-61-55(60)49-45-41-37-33-29-25-18-16-14-12-10-8-6-4-2/h52-53,57-58H,3-51H2,1-2H3,(H,56,59). The quantitative estimate of drug-likeness (QED) is 0.0418. The number of ether oxygens (including phenoxy) is 1. The van der Waals surface area contributed by atoms with Gasteiger partial charge in [0.15, 0.2) is 0 Å². The van der Waals surface area contributed by atoms with Crippen LogP contribution in [-0.4, -0.2) is 47.4 Å². The van der Waals surface area contributed by atoms with E-state index in [1.807, 2.05) is 0 Å². The van der Waals surface area contributed by atoms with Crippen molar-refractivity contribution >= 4 is 11.9 Å². The van der Waals surface area contributed by atoms with Crippen LogP contribution < -0.4 is 5.32 Å². The molecule has 0 bridgehead atoms. The number of amides is 1. The molecule has 2 atom stereocenters. The van der Waals surface area contributed by atoms with Crippen LogP contribution in [0.2, 0.25) is 0 Å². The highest BCUT2D eigenvalue weighted by molar-refractivity contribution is 5.76. The fraction of sp³-hybridized carbons (Fsp3) is 0.964. The summed E-state index contributed by atoms with van der Waals surface area (Å²) in [6.07, 6.45) is 57.9. The number of carbonyl (C=O) groups is 2. The van der Waals surface area contributed by atoms with Crippen LogP contribution in [0, 0.1) is 0 Å². The molecule has 6 heteroatoms. The van der Waals surface area contributed by atoms with Gasteiger partial charge in [0.25, 0.3) is 0 Å². The Balaban J connectivity index is 3.42. The minimum Gasteiger partial charge on any atom is -0.466 e. The van der Waals surface area contributed by atoms with E-state index in [0.717, 1.165) is 51.4 Å². The Morgan fingerprint density at radius 2 is 0.672 bits per heavy atom. The summed E-state index contributed by atoms with van der Waals surface area (Å²) in [6.45, 7) is 4.95. The normalized spacial score (nSPS) is 12.5. The smallest absolute Gasteiger partial charge is 0.305 e. The van der Waals surface area contributed by atoms with Gasteiger partial charge in [-0.05, 0) is 25.7 Å². The highest BCUT2D eigenvalue weighted by Gasteiger charge is 2.20. The monoisotopic (exact) mass is 864 g/mol. The van der Waals surface area contributed by atoms with Gasteiger partial charge in [-0.1, -0.05) is 277 Å². The molecule has 3 N–H and O–H groups in total. The zero-order valence-corrected chi connectivity index (χ0v) is 41.4. The number of esters is 1. The van der Waals surface area contributed by atoms with Crippen LogP contribution in [0.15, 0.2) is 0 Å². The Morgan fingerprint density at radius 1 is 0.393 bits per heavy atom. The molecule has 0 aliphatic heterocycles. The summed E-state index contributed by atoms with van der Waals surface area (Å²) in [5, 5.41) is 23.3. The van der Waals surface area contributed by atoms with Gasteiger partial charge in [0.05, 0.1) is 25.4 Å². The van der Waals surface area contributed by atoms with Crippen molar-refractivity contribution in [1.29, 1.82) is 0 Å². The van der Waals surface area contributed by atoms with E-state index >= 15 is 0 Å². The maximum atomic E-state index is 12.5. The molecule has 6 nitrogen and oxygen atoms in total. The van der Waals surface area contributed by atoms with Crippen molar-refractivity contribution in [1.82, 2.24) is 5.32 Å². The number of hydrogen-bond acceptors (Lipinski definition) is 5. The third-order valence-corrected chi connectivity index (χ3v) is 13.2. The van der Waals surface area contributed by atoms with Gasteiger partial charge < -0.3 is 20.3 Å². The largest absolute Gasteiger partial charge is 0.466 e. The van der Waals surface area contributed by atoms with Gasteiger partial charge in [-0.25, -0.2) is 0 Å². The number of aliphatic hydroxyl groups excluding tert-OH is 2. The topological polar surface area (TPSA) is 95.9 Å². The Kier molecular flexibility index (Phi) is 50.5. The van der Waals surface area contributed by atoms with Crippen LogP contribution in [0.3, 0.4) is 0 Å². The number of aliphatic hydroxyl groups is 2. The molecule has 0 radical (unpaired) electrons. The highest BCUT2D eigenvalue weighted by Crippen LogP contribution is 2.18. The van der Waals surface area contributed by atoms with E-state index < -0.39 is 12.1 Å². The Morgan fingerprint density at radius 3 is 1.00 bits per heavy atom. The molecule has 0 heterocycles. The molecule has 0 fully saturated rings. The van der Waals surface area contributed by atoms with E-state index in [2.05, 4.69) is 19.2 Å². The lowest BCUT2D eigenvalue weighted by atomic mass is 10.0. The first-order chi connectivity index (χ1) is 30.0. The SMILES string of the molecule is CCCCCCCCCCCCCCCCCCC(O)C(CO)NC(=O)CCCCCCCCCCCCCCCCOC(=O)CCCCCCCCCCCCCCCC. The maximum absolute atomic E-state index is 12.5. The van der Waals surface area contributed by atoms with Crippen molar-refractivity contribution in [2.24, 2.45) is 0 Å². The second-order valence-corrected chi connectivity index (χ2v) is 19.3. The molecule has 0 aromatic heterocycles. The summed E-state index contributed by atoms with van der Waals surface area (Å²) in [5.41, 5.74) is 0. The molecule has 2 unspecified atom stereocenters. The molecule has 0 aliphatic carbocycles. The number of hydrogen-bond donors (Lipinski definition) is 3. The third-order valence-electron chi connectivity index (χ3n) is 13.2. The number of rotatable bonds is 52. The van der Waals surface area contributed by atoms with Gasteiger partial charge in [-0.15, -0.1) is 0 Å². The van der Waals surface area contributed by atoms with Gasteiger partial charge >= 0.3 is 5.97 Å². The molecule has 0 saturated carbocycles. The van der Waals surface area contributed by atoms with Crippen LogP contribution in [0.4, 0.5) is 0 Å². The number of unbranched alkanes of at least 4 members (excludes halogenated alkanes) is 41. The Bertz CT molecular complexity index is 867. The second-order valence-electron chi connectivity index (χ2n) is 19.3. The summed E-state index contributed by atoms with van der Waals surface area (Å²) in [7, 11) is 0. The van der Waals surface area contributed by atoms with Gasteiger partial charge in [-0.3, -0.25) is 9.59 Å². The van der Waals surface area contributed by atoms with Gasteiger partial charge in [0.2, 0.25) is 5.91 Å². The zero-order valence-electron chi connectivity index (χ0n) is 41.4. The molecule has 0 aromatic rings. The van der Waals surface area contributed by atoms with E-state index in [-0.39, 0.29) is 18.5 Å². The van der Waals surface area contributed by atoms with Gasteiger partial charge in [0.1, 0.15) is 0 Å². The van der Waals surface area contributed by atoms with E-state index in [1.54, 1.807) is 0 Å². The van der Waals surface area contributed by atoms with Crippen molar-refractivity contribution < 1.29 is 24.5 Å². The van der Waals surface area contributed by atoms with Crippen molar-refractivity contribution in [2.45, 2.75) is 328 Å². The van der Waals surface area contributed by atoms with Gasteiger partial charge in [-0.2, -0.15) is 0 Å². The fourth-order valence-corrected chi connectivity index (χ4v) is 8.88. The molecule has 61 heavy (non-hydrogen) atoms. The van der Waals surface area contributed by atoms with Crippen molar-refractivity contribution in [3.05, 3.63) is 0 Å². The summed E-state index contributed by atoms with van der Waals surface area (Å²) >= 11 is 0. The average Bonchev–Trinajstić information content (AvgIpc) is 3.26. The van der Waals surface area contributed by atoms with Crippen LogP contribution in [-0.2, 0) is 14.3 Å². The van der Waals surface area contributed by atoms with E-state index in [1.165, 1.54) is 231 Å². The summed E-state index contributed by atoms with van der Waals surface area (Å²) in [6, 6.07) is -0.547. The molecule has 1 amide bonds. The lowest BCUT2D eigenvalue weighted by molar-refractivity contribution is -0.143. The lowest BCUT2D eigenvalue weighted by Gasteiger charge is -2.22. The first-order valence-corrected chi connectivity index (χ1v) is 27.8. The minimum absolute atomic E-state index is 0.00102. The molecule has 364 valence electrons. The van der Waals surface area contributed by atoms with Crippen LogP contribution in [0.1, 0.15) is 316 Å². The lowest BCUT2D eigenvalue weighted by Crippen LogP contribution is -2.45. The minimum atomic E-state index is -0.669. The summed E-state index contributed by atoms with van der Waals surface area (Å²) in [5.74, 6) is -0.0415. The molecule has 0 spiro atoms. The van der Waals surface area contributed by atoms with Crippen molar-refractivity contribution in [3.8, 4) is 0 Å². The van der Waals surface area contributed by atoms with Gasteiger partial charge in [0, 0.05) is 12.8 Å². The van der Waals surface area contributed by atoms with E-state index in [4.69, 9.17) is 4.74 Å². The molecule has 0 aromatic carbocycles. The number of carbonyl (C=O) groups excluding carboxylic acids is 2. The van der Waals surface area contributed by atoms with Crippen LogP contribution in [0.5, 0.6) is 0 Å². The first-order valence-electron chi connectivity index (χ1n) is 27.8. The van der Waals surface area contributed by atoms with Crippen molar-refractivity contribution in [2.75, 3.05) is 13.2 Å². The van der Waals surface area contributed by atoms with E-state index in [9.17, 15) is 19.8 Å². The first kappa shape index (κ1) is 59.9. The van der Waals surface area contributed by atoms with Crippen LogP contribution in [0.25, 0.3) is 0 Å². The number of nitrogens with one attached hydrogen (secondary N) is 1. The molecule has 0 saturated heterocycles. The molecule has 0 aliphatic rings. The van der Waals surface area contributed by atoms with Crippen LogP contribution >= 0.6 is 0 Å². The van der Waals surface area contributed by atoms with E-state index in [0.29, 0.717) is 25.9 Å². The molecule has 0 rings (SSSR count). The Labute approximate surface area is 381 Å². The second kappa shape index (κ2) is 51.5.